The van der Waals surface area contributed by atoms with Gasteiger partial charge in [0, 0.05) is 38.3 Å². The first-order chi connectivity index (χ1) is 20.9. The molecule has 0 spiro atoms. The van der Waals surface area contributed by atoms with Crippen LogP contribution in [0, 0.1) is 0 Å². The molecule has 6 amide bonds. The molecule has 0 saturated carbocycles. The number of nitrogens with two attached hydrogens (primary N) is 5. The Bertz CT molecular complexity index is 1130. The summed E-state index contributed by atoms with van der Waals surface area (Å²) in [5.41, 5.74) is 28.0. The minimum absolute atomic E-state index is 0.0189. The Labute approximate surface area is 253 Å². The van der Waals surface area contributed by atoms with E-state index in [9.17, 15) is 33.9 Å². The van der Waals surface area contributed by atoms with Crippen molar-refractivity contribution in [2.45, 2.75) is 61.9 Å². The third-order valence-corrected chi connectivity index (χ3v) is 6.74. The molecule has 0 aromatic rings. The lowest BCUT2D eigenvalue weighted by Gasteiger charge is -2.31. The number of nitrogens with one attached hydrogen (secondary N) is 7. The van der Waals surface area contributed by atoms with Crippen LogP contribution in [0.5, 0.6) is 0 Å². The van der Waals surface area contributed by atoms with Crippen LogP contribution in [0.2, 0.25) is 0 Å². The fraction of sp³-hybridized carbons (Fsp3) is 0.625. The molecule has 1 fully saturated rings. The molecule has 6 atom stereocenters. The first-order valence-electron chi connectivity index (χ1n) is 14.0. The van der Waals surface area contributed by atoms with E-state index in [4.69, 9.17) is 28.7 Å². The molecule has 246 valence electrons. The summed E-state index contributed by atoms with van der Waals surface area (Å²) < 4.78 is 0. The summed E-state index contributed by atoms with van der Waals surface area (Å²) in [5.74, 6) is -5.29. The summed E-state index contributed by atoms with van der Waals surface area (Å²) in [7, 11) is 0. The fourth-order valence-electron chi connectivity index (χ4n) is 4.31. The van der Waals surface area contributed by atoms with Crippen LogP contribution in [0.15, 0.2) is 16.9 Å². The van der Waals surface area contributed by atoms with Crippen molar-refractivity contribution >= 4 is 41.4 Å². The molecule has 20 heteroatoms. The standard InChI is InChI=1S/C24H43N13O7/c25-4-1-2-11(28)6-17(39)32-15-9-31-23(44)18(12-3-5-30-24(29)36-12)37-20(41)14(8-27)33-19(40)13(7-26)34-22(43)16(10-38)35-21(15)42/h8,11-13,15-16,18,38H,1-7,9-10,25-28H2,(H,31,44)(H,32,39)(H,33,40)(H,34,43)(H,35,42)(H,37,41)(H3,29,30,36)/b14-8-/t11-,12?,13-,15-,16-,18-/m0/s1. The average Bonchev–Trinajstić information content (AvgIpc) is 2.99. The Morgan fingerprint density at radius 2 is 1.73 bits per heavy atom. The Hall–Kier alpha value is -4.53. The molecule has 0 radical (unpaired) electrons. The number of aliphatic hydroxyl groups is 1. The van der Waals surface area contributed by atoms with Crippen LogP contribution >= 0.6 is 0 Å². The number of rotatable bonds is 9. The predicted molar refractivity (Wildman–Crippen MR) is 156 cm³/mol. The molecule has 44 heavy (non-hydrogen) atoms. The number of carbonyl (C=O) groups is 6. The van der Waals surface area contributed by atoms with Crippen LogP contribution in [-0.4, -0.2) is 116 Å². The van der Waals surface area contributed by atoms with Crippen LogP contribution in [0.25, 0.3) is 0 Å². The molecule has 1 saturated heterocycles. The number of carbonyl (C=O) groups excluding carboxylic acids is 6. The first kappa shape index (κ1) is 35.7. The Morgan fingerprint density at radius 1 is 1.02 bits per heavy atom. The Kier molecular flexibility index (Phi) is 14.2. The van der Waals surface area contributed by atoms with Gasteiger partial charge in [-0.3, -0.25) is 33.8 Å². The second kappa shape index (κ2) is 17.6. The summed E-state index contributed by atoms with van der Waals surface area (Å²) in [4.78, 5) is 82.3. The van der Waals surface area contributed by atoms with E-state index in [2.05, 4.69) is 42.2 Å². The highest BCUT2D eigenvalue weighted by atomic mass is 16.3. The van der Waals surface area contributed by atoms with E-state index in [1.807, 2.05) is 0 Å². The fourth-order valence-corrected chi connectivity index (χ4v) is 4.31. The summed E-state index contributed by atoms with van der Waals surface area (Å²) in [6.45, 7) is -1.24. The van der Waals surface area contributed by atoms with Gasteiger partial charge in [0.15, 0.2) is 5.96 Å². The lowest BCUT2D eigenvalue weighted by Crippen LogP contribution is -2.64. The number of aliphatic hydroxyl groups excluding tert-OH is 1. The Balaban J connectivity index is 2.43. The van der Waals surface area contributed by atoms with E-state index in [0.717, 1.165) is 6.20 Å². The zero-order chi connectivity index (χ0) is 32.8. The second-order valence-corrected chi connectivity index (χ2v) is 10.1. The van der Waals surface area contributed by atoms with E-state index in [1.54, 1.807) is 0 Å². The lowest BCUT2D eigenvalue weighted by molar-refractivity contribution is -0.135. The van der Waals surface area contributed by atoms with Crippen LogP contribution in [0.3, 0.4) is 0 Å². The van der Waals surface area contributed by atoms with Crippen molar-refractivity contribution < 1.29 is 33.9 Å². The summed E-state index contributed by atoms with van der Waals surface area (Å²) in [5, 5.41) is 26.9. The van der Waals surface area contributed by atoms with Crippen molar-refractivity contribution in [3.8, 4) is 0 Å². The number of hydrogen-bond acceptors (Lipinski definition) is 14. The quantitative estimate of drug-likeness (QED) is 0.106. The minimum atomic E-state index is -1.59. The zero-order valence-corrected chi connectivity index (χ0v) is 24.1. The van der Waals surface area contributed by atoms with Crippen LogP contribution in [-0.2, 0) is 28.8 Å². The molecule has 2 aliphatic heterocycles. The first-order valence-corrected chi connectivity index (χ1v) is 14.0. The van der Waals surface area contributed by atoms with Gasteiger partial charge in [-0.25, -0.2) is 0 Å². The Morgan fingerprint density at radius 3 is 2.34 bits per heavy atom. The predicted octanol–water partition coefficient (Wildman–Crippen LogP) is -7.94. The maximum absolute atomic E-state index is 13.4. The van der Waals surface area contributed by atoms with E-state index in [0.29, 0.717) is 19.4 Å². The van der Waals surface area contributed by atoms with Crippen LogP contribution in [0.1, 0.15) is 25.7 Å². The molecule has 0 aliphatic carbocycles. The van der Waals surface area contributed by atoms with Gasteiger partial charge in [-0.1, -0.05) is 0 Å². The molecular weight excluding hydrogens is 582 g/mol. The van der Waals surface area contributed by atoms with Gasteiger partial charge in [0.25, 0.3) is 5.91 Å². The monoisotopic (exact) mass is 625 g/mol. The molecule has 0 aromatic heterocycles. The van der Waals surface area contributed by atoms with Crippen molar-refractivity contribution in [2.75, 3.05) is 32.8 Å². The maximum atomic E-state index is 13.4. The number of nitrogens with zero attached hydrogens (tertiary/aromatic N) is 1. The number of hydrogen-bond donors (Lipinski definition) is 13. The smallest absolute Gasteiger partial charge is 0.270 e. The van der Waals surface area contributed by atoms with Gasteiger partial charge in [-0.15, -0.1) is 0 Å². The lowest BCUT2D eigenvalue weighted by atomic mass is 10.0. The van der Waals surface area contributed by atoms with Crippen molar-refractivity contribution in [1.29, 1.82) is 0 Å². The SMILES string of the molecule is N/C=C1\NC(=O)[C@H](CN)NC(=O)[C@H](CO)NC(=O)[C@@H](NC(=O)C[C@@H](N)CCCN)CNC(=O)[C@H](C2CCN=C(N)N2)NC1=O. The highest BCUT2D eigenvalue weighted by Gasteiger charge is 2.35. The molecule has 2 rings (SSSR count). The highest BCUT2D eigenvalue weighted by molar-refractivity contribution is 6.02. The van der Waals surface area contributed by atoms with Crippen molar-refractivity contribution in [1.82, 2.24) is 37.2 Å². The largest absolute Gasteiger partial charge is 0.403 e. The molecule has 1 unspecified atom stereocenters. The molecule has 20 nitrogen and oxygen atoms in total. The third-order valence-electron chi connectivity index (χ3n) is 6.74. The van der Waals surface area contributed by atoms with Gasteiger partial charge in [-0.05, 0) is 25.8 Å². The summed E-state index contributed by atoms with van der Waals surface area (Å²) in [6.07, 6.45) is 1.88. The van der Waals surface area contributed by atoms with Crippen LogP contribution < -0.4 is 65.9 Å². The second-order valence-electron chi connectivity index (χ2n) is 10.1. The molecule has 0 aromatic carbocycles. The summed E-state index contributed by atoms with van der Waals surface area (Å²) in [6, 6.07) is -7.15. The van der Waals surface area contributed by atoms with Crippen molar-refractivity contribution in [3.63, 3.8) is 0 Å². The summed E-state index contributed by atoms with van der Waals surface area (Å²) >= 11 is 0. The maximum Gasteiger partial charge on any atom is 0.270 e. The molecular formula is C24H43N13O7. The van der Waals surface area contributed by atoms with E-state index < -0.39 is 97.1 Å². The van der Waals surface area contributed by atoms with Gasteiger partial charge < -0.3 is 71.0 Å². The average molecular weight is 626 g/mol. The molecule has 18 N–H and O–H groups in total. The van der Waals surface area contributed by atoms with E-state index in [-0.39, 0.29) is 25.3 Å². The van der Waals surface area contributed by atoms with E-state index in [1.165, 1.54) is 0 Å². The van der Waals surface area contributed by atoms with Crippen molar-refractivity contribution in [2.24, 2.45) is 33.7 Å². The molecule has 0 bridgehead atoms. The minimum Gasteiger partial charge on any atom is -0.403 e. The number of aliphatic imine (C=N–C) groups is 1. The molecule has 2 heterocycles. The third kappa shape index (κ3) is 10.6. The number of guanidine groups is 1. The molecule has 2 aliphatic rings. The van der Waals surface area contributed by atoms with Gasteiger partial charge in [0.2, 0.25) is 29.5 Å². The van der Waals surface area contributed by atoms with Gasteiger partial charge in [0.1, 0.15) is 29.9 Å². The normalized spacial score (nSPS) is 27.5. The van der Waals surface area contributed by atoms with Gasteiger partial charge in [0.05, 0.1) is 12.6 Å². The van der Waals surface area contributed by atoms with E-state index >= 15 is 0 Å². The van der Waals surface area contributed by atoms with Gasteiger partial charge in [-0.2, -0.15) is 0 Å². The topological polar surface area (TPSA) is 349 Å². The highest BCUT2D eigenvalue weighted by Crippen LogP contribution is 2.07. The van der Waals surface area contributed by atoms with Crippen molar-refractivity contribution in [3.05, 3.63) is 11.9 Å². The van der Waals surface area contributed by atoms with Crippen LogP contribution in [0.4, 0.5) is 0 Å². The number of amides is 6. The van der Waals surface area contributed by atoms with Gasteiger partial charge >= 0.3 is 0 Å². The zero-order valence-electron chi connectivity index (χ0n) is 24.1.